The van der Waals surface area contributed by atoms with Crippen molar-refractivity contribution in [1.82, 2.24) is 5.32 Å². The minimum atomic E-state index is -1.28. The molecular formula is C23H14ClN2O5S-. The number of benzene rings is 2. The topological polar surface area (TPSA) is 103 Å². The number of halogens is 1. The number of hydrogen-bond acceptors (Lipinski definition) is 6. The third-order valence-electron chi connectivity index (χ3n) is 4.90. The van der Waals surface area contributed by atoms with Gasteiger partial charge in [0.2, 0.25) is 0 Å². The second-order valence-electron chi connectivity index (χ2n) is 6.91. The summed E-state index contributed by atoms with van der Waals surface area (Å²) in [6, 6.07) is 14.2. The predicted octanol–water partition coefficient (Wildman–Crippen LogP) is 3.10. The molecule has 0 spiro atoms. The van der Waals surface area contributed by atoms with Gasteiger partial charge in [0, 0.05) is 10.6 Å². The Balaban J connectivity index is 1.67. The lowest BCUT2D eigenvalue weighted by molar-refractivity contribution is -0.255. The Kier molecular flexibility index (Phi) is 5.65. The molecule has 1 aliphatic heterocycles. The van der Waals surface area contributed by atoms with E-state index in [0.29, 0.717) is 27.6 Å². The highest BCUT2D eigenvalue weighted by Gasteiger charge is 2.35. The van der Waals surface area contributed by atoms with Gasteiger partial charge in [0.15, 0.2) is 5.11 Å². The summed E-state index contributed by atoms with van der Waals surface area (Å²) in [5.41, 5.74) is 1.61. The van der Waals surface area contributed by atoms with Crippen LogP contribution in [0.5, 0.6) is 0 Å². The predicted molar refractivity (Wildman–Crippen MR) is 121 cm³/mol. The molecule has 3 aromatic rings. The zero-order valence-corrected chi connectivity index (χ0v) is 18.1. The van der Waals surface area contributed by atoms with Gasteiger partial charge in [0.05, 0.1) is 11.7 Å². The monoisotopic (exact) mass is 465 g/mol. The maximum Gasteiger partial charge on any atom is 0.270 e. The van der Waals surface area contributed by atoms with Crippen molar-refractivity contribution in [2.75, 3.05) is 4.90 Å². The number of carbonyl (C=O) groups is 3. The lowest BCUT2D eigenvalue weighted by Gasteiger charge is -2.30. The molecule has 2 amide bonds. The van der Waals surface area contributed by atoms with Gasteiger partial charge in [-0.05, 0) is 60.6 Å². The van der Waals surface area contributed by atoms with Crippen molar-refractivity contribution in [3.05, 3.63) is 82.1 Å². The average Bonchev–Trinajstić information content (AvgIpc) is 3.23. The van der Waals surface area contributed by atoms with E-state index >= 15 is 0 Å². The van der Waals surface area contributed by atoms with Gasteiger partial charge < -0.3 is 14.3 Å². The van der Waals surface area contributed by atoms with Crippen LogP contribution in [0.3, 0.4) is 0 Å². The summed E-state index contributed by atoms with van der Waals surface area (Å²) in [7, 11) is 0. The minimum absolute atomic E-state index is 0.0412. The van der Waals surface area contributed by atoms with E-state index in [-0.39, 0.29) is 22.0 Å². The fraction of sp³-hybridized carbons (Fsp3) is 0.0435. The van der Waals surface area contributed by atoms with E-state index in [1.165, 1.54) is 23.1 Å². The van der Waals surface area contributed by atoms with Gasteiger partial charge in [-0.2, -0.15) is 0 Å². The summed E-state index contributed by atoms with van der Waals surface area (Å²) >= 11 is 11.4. The minimum Gasteiger partial charge on any atom is -0.545 e. The maximum atomic E-state index is 13.2. The van der Waals surface area contributed by atoms with E-state index in [4.69, 9.17) is 28.2 Å². The second-order valence-corrected chi connectivity index (χ2v) is 7.70. The van der Waals surface area contributed by atoms with E-state index in [1.54, 1.807) is 49.4 Å². The van der Waals surface area contributed by atoms with Crippen molar-refractivity contribution in [1.29, 1.82) is 0 Å². The van der Waals surface area contributed by atoms with Crippen LogP contribution in [-0.4, -0.2) is 22.9 Å². The molecule has 2 aromatic carbocycles. The van der Waals surface area contributed by atoms with Crippen LogP contribution in [-0.2, 0) is 9.59 Å². The van der Waals surface area contributed by atoms with E-state index in [1.807, 2.05) is 0 Å². The number of nitrogens with zero attached hydrogens (tertiary/aromatic N) is 1. The van der Waals surface area contributed by atoms with Gasteiger partial charge in [-0.25, -0.2) is 0 Å². The highest BCUT2D eigenvalue weighted by Crippen LogP contribution is 2.30. The summed E-state index contributed by atoms with van der Waals surface area (Å²) in [5.74, 6) is -1.84. The van der Waals surface area contributed by atoms with Crippen LogP contribution in [0.15, 0.2) is 64.6 Å². The van der Waals surface area contributed by atoms with Crippen LogP contribution in [0.25, 0.3) is 17.4 Å². The number of carbonyl (C=O) groups excluding carboxylic acids is 3. The van der Waals surface area contributed by atoms with Crippen LogP contribution >= 0.6 is 23.8 Å². The zero-order valence-electron chi connectivity index (χ0n) is 16.5. The number of aromatic carboxylic acids is 1. The molecule has 32 heavy (non-hydrogen) atoms. The third-order valence-corrected chi connectivity index (χ3v) is 5.59. The van der Waals surface area contributed by atoms with Crippen molar-refractivity contribution in [3.8, 4) is 11.3 Å². The van der Waals surface area contributed by atoms with Crippen molar-refractivity contribution >= 4 is 58.5 Å². The summed E-state index contributed by atoms with van der Waals surface area (Å²) in [5, 5.41) is 13.8. The summed E-state index contributed by atoms with van der Waals surface area (Å²) < 4.78 is 5.74. The lowest BCUT2D eigenvalue weighted by atomic mass is 10.1. The Morgan fingerprint density at radius 2 is 1.84 bits per heavy atom. The third kappa shape index (κ3) is 3.93. The molecule has 1 N–H and O–H groups in total. The second kappa shape index (κ2) is 8.41. The highest BCUT2D eigenvalue weighted by molar-refractivity contribution is 7.80. The van der Waals surface area contributed by atoms with Crippen molar-refractivity contribution in [2.45, 2.75) is 6.92 Å². The highest BCUT2D eigenvalue weighted by atomic mass is 35.5. The van der Waals surface area contributed by atoms with E-state index in [9.17, 15) is 19.5 Å². The maximum absolute atomic E-state index is 13.2. The SMILES string of the molecule is Cc1c(Cl)cccc1N1C(=O)/C(=C/c2ccc(-c3ccc(C(=O)[O-])cc3)o2)C(=O)NC1=S. The Morgan fingerprint density at radius 3 is 2.53 bits per heavy atom. The van der Waals surface area contributed by atoms with E-state index < -0.39 is 17.8 Å². The number of thiocarbonyl (C=S) groups is 1. The van der Waals surface area contributed by atoms with Crippen molar-refractivity contribution in [3.63, 3.8) is 0 Å². The number of carboxylic acid groups (broad SMARTS) is 1. The molecule has 1 fully saturated rings. The molecule has 7 nitrogen and oxygen atoms in total. The quantitative estimate of drug-likeness (QED) is 0.361. The summed E-state index contributed by atoms with van der Waals surface area (Å²) in [4.78, 5) is 37.7. The smallest absolute Gasteiger partial charge is 0.270 e. The van der Waals surface area contributed by atoms with Crippen molar-refractivity contribution in [2.24, 2.45) is 0 Å². The number of nitrogens with one attached hydrogen (secondary N) is 1. The van der Waals surface area contributed by atoms with Gasteiger partial charge in [-0.1, -0.05) is 41.9 Å². The van der Waals surface area contributed by atoms with Crippen LogP contribution in [0.1, 0.15) is 21.7 Å². The lowest BCUT2D eigenvalue weighted by Crippen LogP contribution is -2.54. The number of furan rings is 1. The number of hydrogen-bond donors (Lipinski definition) is 1. The molecule has 4 rings (SSSR count). The van der Waals surface area contributed by atoms with Gasteiger partial charge in [0.1, 0.15) is 17.1 Å². The molecule has 0 unspecified atom stereocenters. The molecular weight excluding hydrogens is 452 g/mol. The van der Waals surface area contributed by atoms with Crippen LogP contribution < -0.4 is 15.3 Å². The molecule has 1 aliphatic rings. The molecule has 0 aliphatic carbocycles. The molecule has 1 aromatic heterocycles. The average molecular weight is 466 g/mol. The first kappa shape index (κ1) is 21.5. The Morgan fingerprint density at radius 1 is 1.12 bits per heavy atom. The molecule has 0 radical (unpaired) electrons. The first-order chi connectivity index (χ1) is 15.3. The van der Waals surface area contributed by atoms with E-state index in [2.05, 4.69) is 5.32 Å². The number of amides is 2. The summed E-state index contributed by atoms with van der Waals surface area (Å²) in [6.45, 7) is 1.75. The molecule has 2 heterocycles. The van der Waals surface area contributed by atoms with Gasteiger partial charge >= 0.3 is 0 Å². The Hall–Kier alpha value is -3.75. The van der Waals surface area contributed by atoms with Gasteiger partial charge in [-0.15, -0.1) is 0 Å². The zero-order chi connectivity index (χ0) is 23.0. The normalized spacial score (nSPS) is 15.2. The van der Waals surface area contributed by atoms with Gasteiger partial charge in [0.25, 0.3) is 11.8 Å². The van der Waals surface area contributed by atoms with Crippen LogP contribution in [0.4, 0.5) is 5.69 Å². The van der Waals surface area contributed by atoms with Gasteiger partial charge in [-0.3, -0.25) is 19.8 Å². The molecule has 0 bridgehead atoms. The van der Waals surface area contributed by atoms with Crippen molar-refractivity contribution < 1.29 is 23.9 Å². The van der Waals surface area contributed by atoms with Crippen LogP contribution in [0.2, 0.25) is 5.02 Å². The fourth-order valence-corrected chi connectivity index (χ4v) is 3.66. The standard InChI is InChI=1S/C23H15ClN2O5S/c1-12-17(24)3-2-4-18(12)26-21(28)16(20(27)25-23(26)32)11-15-9-10-19(31-15)13-5-7-14(8-6-13)22(29)30/h2-11H,1H3,(H,29,30)(H,25,27,32)/p-1/b16-11+. The molecule has 1 saturated heterocycles. The Labute approximate surface area is 192 Å². The molecule has 160 valence electrons. The van der Waals surface area contributed by atoms with Crippen LogP contribution in [0, 0.1) is 6.92 Å². The number of anilines is 1. The molecule has 9 heteroatoms. The molecule has 0 saturated carbocycles. The number of rotatable bonds is 4. The number of carboxylic acids is 1. The fourth-order valence-electron chi connectivity index (χ4n) is 3.21. The first-order valence-electron chi connectivity index (χ1n) is 9.34. The summed E-state index contributed by atoms with van der Waals surface area (Å²) in [6.07, 6.45) is 1.32. The first-order valence-corrected chi connectivity index (χ1v) is 10.1. The van der Waals surface area contributed by atoms with E-state index in [0.717, 1.165) is 0 Å². The largest absolute Gasteiger partial charge is 0.545 e. The molecule has 0 atom stereocenters. The Bertz CT molecular complexity index is 1310.